The predicted molar refractivity (Wildman–Crippen MR) is 111 cm³/mol. The summed E-state index contributed by atoms with van der Waals surface area (Å²) in [6.07, 6.45) is 0.677. The summed E-state index contributed by atoms with van der Waals surface area (Å²) < 4.78 is 54.1. The summed E-state index contributed by atoms with van der Waals surface area (Å²) in [7, 11) is -3.65. The van der Waals surface area contributed by atoms with Crippen molar-refractivity contribution >= 4 is 21.7 Å². The molecule has 3 rings (SSSR count). The molecular weight excluding hydrogens is 426 g/mol. The second-order valence-corrected chi connectivity index (χ2v) is 9.57. The number of hydrogen-bond acceptors (Lipinski definition) is 4. The average Bonchev–Trinajstić information content (AvgIpc) is 2.74. The molecule has 0 bridgehead atoms. The fourth-order valence-electron chi connectivity index (χ4n) is 3.59. The highest BCUT2D eigenvalue weighted by atomic mass is 32.2. The number of carbonyl (C=O) groups is 2. The van der Waals surface area contributed by atoms with Crippen LogP contribution >= 0.6 is 0 Å². The maximum Gasteiger partial charge on any atom is 0.253 e. The number of ketones is 1. The van der Waals surface area contributed by atoms with E-state index in [2.05, 4.69) is 4.72 Å². The molecule has 0 radical (unpaired) electrons. The van der Waals surface area contributed by atoms with Gasteiger partial charge >= 0.3 is 0 Å². The van der Waals surface area contributed by atoms with E-state index in [0.29, 0.717) is 31.5 Å². The molecule has 9 heteroatoms. The predicted octanol–water partition coefficient (Wildman–Crippen LogP) is 3.39. The van der Waals surface area contributed by atoms with Gasteiger partial charge in [0.15, 0.2) is 5.78 Å². The molecule has 0 spiro atoms. The Kier molecular flexibility index (Phi) is 6.86. The quantitative estimate of drug-likeness (QED) is 0.684. The van der Waals surface area contributed by atoms with Gasteiger partial charge in [0.2, 0.25) is 10.0 Å². The lowest BCUT2D eigenvalue weighted by Crippen LogP contribution is -2.40. The van der Waals surface area contributed by atoms with E-state index in [1.807, 2.05) is 0 Å². The zero-order valence-electron chi connectivity index (χ0n) is 17.3. The molecule has 1 amide bonds. The lowest BCUT2D eigenvalue weighted by atomic mass is 9.88. The first kappa shape index (κ1) is 23.0. The number of hydrogen-bond donors (Lipinski definition) is 1. The minimum Gasteiger partial charge on any atom is -0.339 e. The topological polar surface area (TPSA) is 83.6 Å². The van der Waals surface area contributed by atoms with Crippen molar-refractivity contribution in [2.45, 2.75) is 37.6 Å². The maximum absolute atomic E-state index is 13.9. The summed E-state index contributed by atoms with van der Waals surface area (Å²) in [6, 6.07) is 8.20. The van der Waals surface area contributed by atoms with Gasteiger partial charge in [-0.15, -0.1) is 0 Å². The summed E-state index contributed by atoms with van der Waals surface area (Å²) in [5.41, 5.74) is 0.0704. The van der Waals surface area contributed by atoms with Crippen LogP contribution in [0.1, 0.15) is 47.4 Å². The molecule has 1 aliphatic heterocycles. The van der Waals surface area contributed by atoms with Gasteiger partial charge in [-0.3, -0.25) is 9.59 Å². The molecule has 2 aromatic carbocycles. The molecule has 0 aromatic heterocycles. The number of likely N-dealkylation sites (tertiary alicyclic amines) is 1. The Hall–Kier alpha value is -2.65. The van der Waals surface area contributed by atoms with Crippen LogP contribution in [0.3, 0.4) is 0 Å². The summed E-state index contributed by atoms with van der Waals surface area (Å²) >= 11 is 0. The van der Waals surface area contributed by atoms with Gasteiger partial charge in [0.1, 0.15) is 11.6 Å². The normalized spacial score (nSPS) is 15.3. The smallest absolute Gasteiger partial charge is 0.253 e. The van der Waals surface area contributed by atoms with Crippen LogP contribution in [0.15, 0.2) is 47.4 Å². The molecule has 0 aliphatic carbocycles. The molecule has 0 saturated carbocycles. The van der Waals surface area contributed by atoms with Crippen LogP contribution in [-0.2, 0) is 10.0 Å². The number of benzene rings is 2. The van der Waals surface area contributed by atoms with Crippen LogP contribution < -0.4 is 4.72 Å². The maximum atomic E-state index is 13.9. The van der Waals surface area contributed by atoms with Crippen molar-refractivity contribution in [3.05, 3.63) is 65.2 Å². The molecular formula is C22H24F2N2O4S. The number of nitrogens with zero attached hydrogens (tertiary/aromatic N) is 1. The van der Waals surface area contributed by atoms with E-state index in [0.717, 1.165) is 18.2 Å². The van der Waals surface area contributed by atoms with Gasteiger partial charge in [0, 0.05) is 30.6 Å². The molecule has 2 aromatic rings. The number of amides is 1. The van der Waals surface area contributed by atoms with Gasteiger partial charge < -0.3 is 4.90 Å². The molecule has 1 aliphatic rings. The highest BCUT2D eigenvalue weighted by molar-refractivity contribution is 7.89. The van der Waals surface area contributed by atoms with E-state index in [1.54, 1.807) is 18.7 Å². The van der Waals surface area contributed by atoms with Gasteiger partial charge in [-0.05, 0) is 69.2 Å². The van der Waals surface area contributed by atoms with E-state index < -0.39 is 33.4 Å². The van der Waals surface area contributed by atoms with E-state index in [9.17, 15) is 26.8 Å². The molecule has 1 saturated heterocycles. The van der Waals surface area contributed by atoms with Crippen LogP contribution in [-0.4, -0.2) is 44.1 Å². The third kappa shape index (κ3) is 5.34. The van der Waals surface area contributed by atoms with Crippen molar-refractivity contribution in [1.82, 2.24) is 9.62 Å². The highest BCUT2D eigenvalue weighted by Crippen LogP contribution is 2.25. The summed E-state index contributed by atoms with van der Waals surface area (Å²) in [5.74, 6) is -2.66. The molecule has 31 heavy (non-hydrogen) atoms. The van der Waals surface area contributed by atoms with Crippen LogP contribution in [0, 0.1) is 17.6 Å². The first-order valence-corrected chi connectivity index (χ1v) is 11.5. The van der Waals surface area contributed by atoms with Gasteiger partial charge in [-0.2, -0.15) is 0 Å². The Labute approximate surface area is 180 Å². The molecule has 0 atom stereocenters. The first-order valence-electron chi connectivity index (χ1n) is 9.99. The first-order chi connectivity index (χ1) is 14.6. The molecule has 1 fully saturated rings. The van der Waals surface area contributed by atoms with Crippen LogP contribution in [0.25, 0.3) is 0 Å². The van der Waals surface area contributed by atoms with Gasteiger partial charge in [0.05, 0.1) is 10.5 Å². The van der Waals surface area contributed by atoms with Crippen molar-refractivity contribution in [2.75, 3.05) is 13.1 Å². The second-order valence-electron chi connectivity index (χ2n) is 7.86. The summed E-state index contributed by atoms with van der Waals surface area (Å²) in [4.78, 5) is 26.9. The lowest BCUT2D eigenvalue weighted by molar-refractivity contribution is 0.0649. The van der Waals surface area contributed by atoms with Crippen LogP contribution in [0.5, 0.6) is 0 Å². The summed E-state index contributed by atoms with van der Waals surface area (Å²) in [6.45, 7) is 4.02. The summed E-state index contributed by atoms with van der Waals surface area (Å²) in [5, 5.41) is 0. The van der Waals surface area contributed by atoms with Crippen LogP contribution in [0.2, 0.25) is 0 Å². The van der Waals surface area contributed by atoms with Crippen molar-refractivity contribution < 1.29 is 26.8 Å². The second kappa shape index (κ2) is 9.23. The highest BCUT2D eigenvalue weighted by Gasteiger charge is 2.30. The van der Waals surface area contributed by atoms with E-state index in [1.165, 1.54) is 24.3 Å². The number of carbonyl (C=O) groups excluding carboxylic acids is 2. The van der Waals surface area contributed by atoms with Crippen molar-refractivity contribution in [1.29, 1.82) is 0 Å². The number of Topliss-reactive ketones (excluding diaryl/α,β-unsaturated/α-hetero) is 1. The van der Waals surface area contributed by atoms with Crippen molar-refractivity contribution in [3.8, 4) is 0 Å². The number of nitrogens with one attached hydrogen (secondary N) is 1. The Bertz CT molecular complexity index is 1080. The molecule has 1 N–H and O–H groups in total. The minimum absolute atomic E-state index is 0.0687. The zero-order chi connectivity index (χ0) is 22.8. The van der Waals surface area contributed by atoms with Gasteiger partial charge in [0.25, 0.3) is 5.91 Å². The third-order valence-electron chi connectivity index (χ3n) is 5.15. The molecule has 0 unspecified atom stereocenters. The van der Waals surface area contributed by atoms with Crippen molar-refractivity contribution in [2.24, 2.45) is 5.92 Å². The molecule has 166 valence electrons. The monoisotopic (exact) mass is 450 g/mol. The fourth-order valence-corrected chi connectivity index (χ4v) is 4.84. The van der Waals surface area contributed by atoms with Gasteiger partial charge in [-0.1, -0.05) is 0 Å². The van der Waals surface area contributed by atoms with Gasteiger partial charge in [-0.25, -0.2) is 21.9 Å². The lowest BCUT2D eigenvalue weighted by Gasteiger charge is -2.31. The molecule has 6 nitrogen and oxygen atoms in total. The Morgan fingerprint density at radius 3 is 2.23 bits per heavy atom. The standard InChI is InChI=1S/C22H24F2N2O4S/c1-14(2)25-31(29,30)18-6-3-16(4-7-18)22(28)26-11-9-15(10-12-26)21(27)19-13-17(23)5-8-20(19)24/h3-8,13-15,25H,9-12H2,1-2H3. The Morgan fingerprint density at radius 1 is 1.03 bits per heavy atom. The third-order valence-corrected chi connectivity index (χ3v) is 6.82. The van der Waals surface area contributed by atoms with Crippen LogP contribution in [0.4, 0.5) is 8.78 Å². The van der Waals surface area contributed by atoms with Crippen molar-refractivity contribution in [3.63, 3.8) is 0 Å². The minimum atomic E-state index is -3.65. The SMILES string of the molecule is CC(C)NS(=O)(=O)c1ccc(C(=O)N2CCC(C(=O)c3cc(F)ccc3F)CC2)cc1. The van der Waals surface area contributed by atoms with E-state index >= 15 is 0 Å². The number of halogens is 2. The Balaban J connectivity index is 1.64. The number of piperidine rings is 1. The largest absolute Gasteiger partial charge is 0.339 e. The zero-order valence-corrected chi connectivity index (χ0v) is 18.1. The fraction of sp³-hybridized carbons (Fsp3) is 0.364. The average molecular weight is 451 g/mol. The number of rotatable bonds is 6. The Morgan fingerprint density at radius 2 is 1.65 bits per heavy atom. The van der Waals surface area contributed by atoms with E-state index in [-0.39, 0.29) is 22.4 Å². The molecule has 1 heterocycles. The van der Waals surface area contributed by atoms with E-state index in [4.69, 9.17) is 0 Å². The number of sulfonamides is 1.